The Morgan fingerprint density at radius 2 is 1.03 bits per heavy atom. The van der Waals surface area contributed by atoms with Crippen LogP contribution in [-0.4, -0.2) is 9.97 Å². The highest BCUT2D eigenvalue weighted by Crippen LogP contribution is 2.50. The number of thiophene rings is 1. The molecule has 2 heterocycles. The lowest BCUT2D eigenvalue weighted by Gasteiger charge is -2.21. The van der Waals surface area contributed by atoms with Gasteiger partial charge in [0.1, 0.15) is 0 Å². The number of rotatable bonds is 4. The molecule has 1 aliphatic carbocycles. The fraction of sp³-hybridized carbons (Fsp3) is 0.0545. The Morgan fingerprint density at radius 3 is 1.90 bits per heavy atom. The molecule has 11 aromatic rings. The van der Waals surface area contributed by atoms with Gasteiger partial charge in [0.15, 0.2) is 5.82 Å². The summed E-state index contributed by atoms with van der Waals surface area (Å²) in [6.07, 6.45) is 0. The van der Waals surface area contributed by atoms with Crippen LogP contribution in [-0.2, 0) is 5.41 Å². The van der Waals surface area contributed by atoms with Crippen molar-refractivity contribution in [3.8, 4) is 56.2 Å². The molecule has 3 heteroatoms. The number of benzene rings is 9. The van der Waals surface area contributed by atoms with Crippen molar-refractivity contribution in [2.24, 2.45) is 0 Å². The molecule has 272 valence electrons. The summed E-state index contributed by atoms with van der Waals surface area (Å²) in [7, 11) is 0. The highest BCUT2D eigenvalue weighted by atomic mass is 32.1. The topological polar surface area (TPSA) is 25.8 Å². The predicted molar refractivity (Wildman–Crippen MR) is 247 cm³/mol. The van der Waals surface area contributed by atoms with Crippen LogP contribution in [0.2, 0.25) is 0 Å². The smallest absolute Gasteiger partial charge is 0.161 e. The van der Waals surface area contributed by atoms with E-state index < -0.39 is 0 Å². The maximum atomic E-state index is 5.51. The van der Waals surface area contributed by atoms with Crippen molar-refractivity contribution in [3.63, 3.8) is 0 Å². The Labute approximate surface area is 340 Å². The summed E-state index contributed by atoms with van der Waals surface area (Å²) < 4.78 is 2.63. The molecule has 0 saturated carbocycles. The van der Waals surface area contributed by atoms with Crippen molar-refractivity contribution in [1.29, 1.82) is 0 Å². The van der Waals surface area contributed by atoms with Crippen LogP contribution in [0.25, 0.3) is 109 Å². The van der Waals surface area contributed by atoms with Crippen molar-refractivity contribution >= 4 is 63.8 Å². The summed E-state index contributed by atoms with van der Waals surface area (Å²) in [5, 5.41) is 9.75. The molecule has 0 amide bonds. The molecule has 0 unspecified atom stereocenters. The first-order valence-electron chi connectivity index (χ1n) is 20.0. The number of aromatic nitrogens is 2. The van der Waals surface area contributed by atoms with Crippen LogP contribution in [0.5, 0.6) is 0 Å². The second-order valence-corrected chi connectivity index (χ2v) is 17.2. The van der Waals surface area contributed by atoms with E-state index in [0.29, 0.717) is 0 Å². The van der Waals surface area contributed by atoms with E-state index in [2.05, 4.69) is 196 Å². The third-order valence-corrected chi connectivity index (χ3v) is 13.7. The predicted octanol–water partition coefficient (Wildman–Crippen LogP) is 15.3. The Bertz CT molecular complexity index is 3480. The van der Waals surface area contributed by atoms with Crippen molar-refractivity contribution in [3.05, 3.63) is 193 Å². The number of nitrogens with zero attached hydrogens (tertiary/aromatic N) is 2. The third kappa shape index (κ3) is 4.97. The first-order valence-corrected chi connectivity index (χ1v) is 20.8. The average Bonchev–Trinajstić information content (AvgIpc) is 3.77. The second-order valence-electron chi connectivity index (χ2n) is 16.1. The van der Waals surface area contributed by atoms with E-state index in [1.165, 1.54) is 75.1 Å². The zero-order chi connectivity index (χ0) is 38.5. The van der Waals surface area contributed by atoms with Crippen molar-refractivity contribution in [1.82, 2.24) is 9.97 Å². The van der Waals surface area contributed by atoms with Crippen LogP contribution < -0.4 is 0 Å². The van der Waals surface area contributed by atoms with Crippen molar-refractivity contribution in [2.75, 3.05) is 0 Å². The van der Waals surface area contributed by atoms with Gasteiger partial charge in [-0.25, -0.2) is 9.97 Å². The van der Waals surface area contributed by atoms with Crippen LogP contribution >= 0.6 is 11.3 Å². The quantitative estimate of drug-likeness (QED) is 0.132. The van der Waals surface area contributed by atoms with E-state index >= 15 is 0 Å². The molecular weight excluding hydrogens is 721 g/mol. The van der Waals surface area contributed by atoms with Gasteiger partial charge in [-0.15, -0.1) is 11.3 Å². The average molecular weight is 757 g/mol. The molecule has 0 spiro atoms. The summed E-state index contributed by atoms with van der Waals surface area (Å²) in [6, 6.07) is 66.4. The zero-order valence-corrected chi connectivity index (χ0v) is 32.9. The molecular formula is C55H36N2S. The van der Waals surface area contributed by atoms with Crippen molar-refractivity contribution < 1.29 is 0 Å². The van der Waals surface area contributed by atoms with Gasteiger partial charge >= 0.3 is 0 Å². The van der Waals surface area contributed by atoms with Gasteiger partial charge in [0, 0.05) is 42.3 Å². The SMILES string of the molecule is CC1(C)c2ccccc2-c2cc(-c3cc(-c4ccc(-c5cccc6c5sc5ccccc56)cc4)nc(-c4c5ccccc5cc5c4ccc4ccccc45)n3)ccc21. The number of fused-ring (bicyclic) bond motifs is 10. The Hall–Kier alpha value is -6.94. The molecule has 2 aromatic heterocycles. The Balaban J connectivity index is 1.08. The van der Waals surface area contributed by atoms with Crippen LogP contribution in [0.1, 0.15) is 25.0 Å². The van der Waals surface area contributed by atoms with Crippen molar-refractivity contribution in [2.45, 2.75) is 19.3 Å². The minimum absolute atomic E-state index is 0.0704. The Morgan fingerprint density at radius 1 is 0.397 bits per heavy atom. The fourth-order valence-electron chi connectivity index (χ4n) is 9.59. The summed E-state index contributed by atoms with van der Waals surface area (Å²) in [4.78, 5) is 11.0. The van der Waals surface area contributed by atoms with E-state index in [0.717, 1.165) is 44.7 Å². The van der Waals surface area contributed by atoms with Crippen LogP contribution in [0.15, 0.2) is 182 Å². The maximum Gasteiger partial charge on any atom is 0.161 e. The standard InChI is InChI=1S/C55H36N2S/c1-55(2)47-20-9-7-16-41(47)46-31-37(27-29-48(46)55)50-32-49(35-24-22-34(23-25-35)40-18-11-19-44-42-17-8-10-21-51(42)58-53(40)44)56-54(57-50)52-39-15-6-4-13-36(39)30-45-38-14-5-3-12-33(38)26-28-43(45)52/h3-32H,1-2H3. The number of hydrogen-bond donors (Lipinski definition) is 0. The second kappa shape index (κ2) is 12.5. The van der Waals surface area contributed by atoms with Gasteiger partial charge < -0.3 is 0 Å². The first-order chi connectivity index (χ1) is 28.5. The molecule has 12 rings (SSSR count). The van der Waals surface area contributed by atoms with Gasteiger partial charge in [0.2, 0.25) is 0 Å². The maximum absolute atomic E-state index is 5.51. The molecule has 9 aromatic carbocycles. The molecule has 1 aliphatic rings. The summed E-state index contributed by atoms with van der Waals surface area (Å²) >= 11 is 1.87. The minimum atomic E-state index is -0.0704. The Kier molecular flexibility index (Phi) is 7.18. The zero-order valence-electron chi connectivity index (χ0n) is 32.1. The molecule has 58 heavy (non-hydrogen) atoms. The molecule has 0 aliphatic heterocycles. The van der Waals surface area contributed by atoms with E-state index in [-0.39, 0.29) is 5.41 Å². The molecule has 0 radical (unpaired) electrons. The minimum Gasteiger partial charge on any atom is -0.228 e. The van der Waals surface area contributed by atoms with E-state index in [9.17, 15) is 0 Å². The molecule has 2 nitrogen and oxygen atoms in total. The van der Waals surface area contributed by atoms with E-state index in [4.69, 9.17) is 9.97 Å². The van der Waals surface area contributed by atoms with Gasteiger partial charge in [-0.3, -0.25) is 0 Å². The highest BCUT2D eigenvalue weighted by Gasteiger charge is 2.35. The lowest BCUT2D eigenvalue weighted by Crippen LogP contribution is -2.14. The van der Waals surface area contributed by atoms with Gasteiger partial charge in [0.25, 0.3) is 0 Å². The van der Waals surface area contributed by atoms with Gasteiger partial charge in [-0.2, -0.15) is 0 Å². The highest BCUT2D eigenvalue weighted by molar-refractivity contribution is 7.26. The largest absolute Gasteiger partial charge is 0.228 e. The summed E-state index contributed by atoms with van der Waals surface area (Å²) in [6.45, 7) is 4.66. The fourth-order valence-corrected chi connectivity index (χ4v) is 10.8. The summed E-state index contributed by atoms with van der Waals surface area (Å²) in [5.41, 5.74) is 12.7. The molecule has 0 bridgehead atoms. The first kappa shape index (κ1) is 33.2. The summed E-state index contributed by atoms with van der Waals surface area (Å²) in [5.74, 6) is 0.727. The lowest BCUT2D eigenvalue weighted by molar-refractivity contribution is 0.660. The molecule has 0 atom stereocenters. The third-order valence-electron chi connectivity index (χ3n) is 12.5. The molecule has 0 N–H and O–H groups in total. The van der Waals surface area contributed by atoms with Crippen LogP contribution in [0.3, 0.4) is 0 Å². The van der Waals surface area contributed by atoms with Gasteiger partial charge in [-0.1, -0.05) is 172 Å². The van der Waals surface area contributed by atoms with Crippen LogP contribution in [0, 0.1) is 0 Å². The lowest BCUT2D eigenvalue weighted by atomic mass is 9.82. The number of hydrogen-bond acceptors (Lipinski definition) is 3. The van der Waals surface area contributed by atoms with E-state index in [1.807, 2.05) is 11.3 Å². The molecule has 0 fully saturated rings. The van der Waals surface area contributed by atoms with Gasteiger partial charge in [0.05, 0.1) is 11.4 Å². The van der Waals surface area contributed by atoms with Crippen LogP contribution in [0.4, 0.5) is 0 Å². The van der Waals surface area contributed by atoms with Gasteiger partial charge in [-0.05, 0) is 90.0 Å². The monoisotopic (exact) mass is 756 g/mol. The van der Waals surface area contributed by atoms with E-state index in [1.54, 1.807) is 0 Å². The molecule has 0 saturated heterocycles. The normalized spacial score (nSPS) is 13.1.